The van der Waals surface area contributed by atoms with Crippen molar-refractivity contribution in [2.24, 2.45) is 0 Å². The Morgan fingerprint density at radius 2 is 2.00 bits per heavy atom. The first-order valence-electron chi connectivity index (χ1n) is 7.82. The lowest BCUT2D eigenvalue weighted by Crippen LogP contribution is -2.38. The van der Waals surface area contributed by atoms with E-state index in [-0.39, 0.29) is 6.54 Å². The quantitative estimate of drug-likeness (QED) is 0.317. The van der Waals surface area contributed by atoms with Crippen LogP contribution in [0.15, 0.2) is 60.0 Å². The van der Waals surface area contributed by atoms with Crippen LogP contribution in [0, 0.1) is 10.1 Å². The predicted octanol–water partition coefficient (Wildman–Crippen LogP) is 1.76. The minimum atomic E-state index is -1.02. The molecule has 9 heteroatoms. The van der Waals surface area contributed by atoms with Crippen molar-refractivity contribution in [3.8, 4) is 0 Å². The number of carbonyl (C=O) groups is 2. The molecule has 1 aromatic heterocycles. The van der Waals surface area contributed by atoms with E-state index in [0.717, 1.165) is 23.9 Å². The van der Waals surface area contributed by atoms with Gasteiger partial charge in [0.2, 0.25) is 5.91 Å². The van der Waals surface area contributed by atoms with Crippen LogP contribution in [0.4, 0.5) is 11.4 Å². The van der Waals surface area contributed by atoms with Crippen molar-refractivity contribution in [2.75, 3.05) is 18.6 Å². The third kappa shape index (κ3) is 4.46. The first kappa shape index (κ1) is 19.6. The van der Waals surface area contributed by atoms with Crippen LogP contribution >= 0.6 is 0 Å². The summed E-state index contributed by atoms with van der Waals surface area (Å²) in [4.78, 5) is 48.6. The molecule has 0 unspecified atom stereocenters. The average molecular weight is 371 g/mol. The summed E-state index contributed by atoms with van der Waals surface area (Å²) >= 11 is 0. The van der Waals surface area contributed by atoms with Crippen molar-refractivity contribution in [1.29, 1.82) is 0 Å². The minimum absolute atomic E-state index is 0.177. The number of nitrogens with zero attached hydrogens (tertiary/aromatic N) is 3. The second-order valence-electron chi connectivity index (χ2n) is 5.42. The number of benzene rings is 1. The molecule has 0 aliphatic rings. The zero-order valence-corrected chi connectivity index (χ0v) is 14.5. The van der Waals surface area contributed by atoms with Gasteiger partial charge >= 0.3 is 5.97 Å². The molecule has 1 heterocycles. The Morgan fingerprint density at radius 1 is 1.33 bits per heavy atom. The molecule has 0 atom stereocenters. The van der Waals surface area contributed by atoms with Crippen molar-refractivity contribution in [3.05, 3.63) is 81.3 Å². The smallest absolute Gasteiger partial charge is 0.343 e. The largest absolute Gasteiger partial charge is 0.465 e. The normalized spacial score (nSPS) is 10.1. The molecule has 0 saturated heterocycles. The van der Waals surface area contributed by atoms with Crippen molar-refractivity contribution in [1.82, 2.24) is 4.57 Å². The molecule has 0 N–H and O–H groups in total. The zero-order valence-electron chi connectivity index (χ0n) is 14.5. The van der Waals surface area contributed by atoms with Crippen molar-refractivity contribution >= 4 is 23.3 Å². The van der Waals surface area contributed by atoms with Crippen molar-refractivity contribution in [3.63, 3.8) is 0 Å². The molecule has 0 radical (unpaired) electrons. The SMILES string of the molecule is C=CCN(C(=O)Cn1cc([N+](=O)[O-])cc(C(=O)OC)c1=O)c1ccccc1. The summed E-state index contributed by atoms with van der Waals surface area (Å²) in [5, 5.41) is 11.1. The predicted molar refractivity (Wildman–Crippen MR) is 97.7 cm³/mol. The van der Waals surface area contributed by atoms with E-state index in [9.17, 15) is 24.5 Å². The number of nitro groups is 1. The molecule has 0 fully saturated rings. The molecule has 0 aliphatic heterocycles. The van der Waals surface area contributed by atoms with Crippen molar-refractivity contribution < 1.29 is 19.2 Å². The summed E-state index contributed by atoms with van der Waals surface area (Å²) in [6.07, 6.45) is 2.44. The number of rotatable bonds is 7. The highest BCUT2D eigenvalue weighted by molar-refractivity contribution is 5.94. The third-order valence-electron chi connectivity index (χ3n) is 3.67. The summed E-state index contributed by atoms with van der Waals surface area (Å²) in [5.41, 5.74) is -1.30. The number of methoxy groups -OCH3 is 1. The number of hydrogen-bond donors (Lipinski definition) is 0. The van der Waals surface area contributed by atoms with Gasteiger partial charge in [0.25, 0.3) is 11.2 Å². The van der Waals surface area contributed by atoms with E-state index in [0.29, 0.717) is 5.69 Å². The van der Waals surface area contributed by atoms with Gasteiger partial charge in [-0.05, 0) is 12.1 Å². The second kappa shape index (κ2) is 8.56. The number of anilines is 1. The van der Waals surface area contributed by atoms with E-state index in [1.807, 2.05) is 0 Å². The number of hydrogen-bond acceptors (Lipinski definition) is 6. The van der Waals surface area contributed by atoms with E-state index < -0.39 is 40.2 Å². The number of aromatic nitrogens is 1. The first-order chi connectivity index (χ1) is 12.9. The van der Waals surface area contributed by atoms with Crippen LogP contribution < -0.4 is 10.5 Å². The number of para-hydroxylation sites is 1. The van der Waals surface area contributed by atoms with Crippen LogP contribution in [0.25, 0.3) is 0 Å². The fourth-order valence-corrected chi connectivity index (χ4v) is 2.41. The molecule has 2 aromatic rings. The van der Waals surface area contributed by atoms with Gasteiger partial charge in [-0.3, -0.25) is 24.3 Å². The van der Waals surface area contributed by atoms with Crippen molar-refractivity contribution in [2.45, 2.75) is 6.54 Å². The highest BCUT2D eigenvalue weighted by atomic mass is 16.6. The van der Waals surface area contributed by atoms with E-state index in [1.54, 1.807) is 30.3 Å². The van der Waals surface area contributed by atoms with E-state index in [2.05, 4.69) is 11.3 Å². The van der Waals surface area contributed by atoms with Gasteiger partial charge in [0.05, 0.1) is 18.2 Å². The van der Waals surface area contributed by atoms with Gasteiger partial charge in [-0.15, -0.1) is 6.58 Å². The van der Waals surface area contributed by atoms with Gasteiger partial charge in [0, 0.05) is 18.3 Å². The standard InChI is InChI=1S/C18H17N3O6/c1-3-9-20(13-7-5-4-6-8-13)16(22)12-19-11-14(21(25)26)10-15(17(19)23)18(24)27-2/h3-8,10-11H,1,9,12H2,2H3. The lowest BCUT2D eigenvalue weighted by molar-refractivity contribution is -0.385. The highest BCUT2D eigenvalue weighted by Crippen LogP contribution is 2.15. The second-order valence-corrected chi connectivity index (χ2v) is 5.42. The minimum Gasteiger partial charge on any atom is -0.465 e. The molecular formula is C18H17N3O6. The zero-order chi connectivity index (χ0) is 20.0. The van der Waals surface area contributed by atoms with Crippen LogP contribution in [0.3, 0.4) is 0 Å². The Bertz CT molecular complexity index is 936. The molecule has 27 heavy (non-hydrogen) atoms. The van der Waals surface area contributed by atoms with E-state index in [1.165, 1.54) is 11.0 Å². The number of carbonyl (C=O) groups excluding carboxylic acids is 2. The number of ether oxygens (including phenoxy) is 1. The Hall–Kier alpha value is -3.75. The maximum Gasteiger partial charge on any atom is 0.343 e. The molecule has 0 bridgehead atoms. The van der Waals surface area contributed by atoms with Gasteiger partial charge < -0.3 is 9.64 Å². The average Bonchev–Trinajstić information content (AvgIpc) is 2.67. The topological polar surface area (TPSA) is 112 Å². The summed E-state index contributed by atoms with van der Waals surface area (Å²) in [5.74, 6) is -1.52. The summed E-state index contributed by atoms with van der Waals surface area (Å²) in [7, 11) is 1.05. The maximum absolute atomic E-state index is 12.7. The fourth-order valence-electron chi connectivity index (χ4n) is 2.41. The summed E-state index contributed by atoms with van der Waals surface area (Å²) in [6, 6.07) is 9.51. The molecular weight excluding hydrogens is 354 g/mol. The number of pyridine rings is 1. The van der Waals surface area contributed by atoms with Crippen LogP contribution in [0.2, 0.25) is 0 Å². The summed E-state index contributed by atoms with van der Waals surface area (Å²) < 4.78 is 5.31. The Labute approximate surface area is 154 Å². The third-order valence-corrected chi connectivity index (χ3v) is 3.67. The number of amides is 1. The van der Waals surface area contributed by atoms with Crippen LogP contribution in [0.5, 0.6) is 0 Å². The Kier molecular flexibility index (Phi) is 6.21. The molecule has 2 rings (SSSR count). The van der Waals surface area contributed by atoms with Crippen LogP contribution in [0.1, 0.15) is 10.4 Å². The van der Waals surface area contributed by atoms with Crippen LogP contribution in [-0.4, -0.2) is 35.0 Å². The van der Waals surface area contributed by atoms with Gasteiger partial charge in [-0.1, -0.05) is 24.3 Å². The van der Waals surface area contributed by atoms with Gasteiger partial charge in [0.15, 0.2) is 0 Å². The molecule has 0 aliphatic carbocycles. The first-order valence-corrected chi connectivity index (χ1v) is 7.82. The molecule has 1 aromatic carbocycles. The monoisotopic (exact) mass is 371 g/mol. The Balaban J connectivity index is 2.45. The summed E-state index contributed by atoms with van der Waals surface area (Å²) in [6.45, 7) is 3.29. The molecule has 140 valence electrons. The van der Waals surface area contributed by atoms with Gasteiger partial charge in [-0.25, -0.2) is 4.79 Å². The van der Waals surface area contributed by atoms with Crippen LogP contribution in [-0.2, 0) is 16.1 Å². The van der Waals surface area contributed by atoms with Gasteiger partial charge in [0.1, 0.15) is 12.1 Å². The maximum atomic E-state index is 12.7. The van der Waals surface area contributed by atoms with Gasteiger partial charge in [-0.2, -0.15) is 0 Å². The highest BCUT2D eigenvalue weighted by Gasteiger charge is 2.22. The molecule has 0 saturated carbocycles. The Morgan fingerprint density at radius 3 is 2.56 bits per heavy atom. The molecule has 1 amide bonds. The van der Waals surface area contributed by atoms with E-state index in [4.69, 9.17) is 0 Å². The fraction of sp³-hybridized carbons (Fsp3) is 0.167. The molecule has 9 nitrogen and oxygen atoms in total. The lowest BCUT2D eigenvalue weighted by Gasteiger charge is -2.21. The lowest BCUT2D eigenvalue weighted by atomic mass is 10.2. The van der Waals surface area contributed by atoms with E-state index >= 15 is 0 Å². The molecule has 0 spiro atoms. The number of esters is 1.